The molecule has 0 aliphatic carbocycles. The lowest BCUT2D eigenvalue weighted by molar-refractivity contribution is -0.138. The highest BCUT2D eigenvalue weighted by atomic mass is 32.1. The van der Waals surface area contributed by atoms with Gasteiger partial charge in [-0.1, -0.05) is 6.92 Å². The number of carbonyl (C=O) groups excluding carboxylic acids is 2. The van der Waals surface area contributed by atoms with Crippen LogP contribution in [0.25, 0.3) is 0 Å². The number of carboxylic acids is 1. The lowest BCUT2D eigenvalue weighted by Gasteiger charge is -2.09. The molecule has 0 aromatic carbocycles. The van der Waals surface area contributed by atoms with E-state index in [4.69, 9.17) is 5.11 Å². The van der Waals surface area contributed by atoms with Crippen LogP contribution in [0.15, 0.2) is 11.4 Å². The number of esters is 1. The minimum absolute atomic E-state index is 0.0685. The first-order valence-electron chi connectivity index (χ1n) is 5.61. The molecule has 1 rings (SSSR count). The van der Waals surface area contributed by atoms with Crippen LogP contribution in [0.2, 0.25) is 0 Å². The van der Waals surface area contributed by atoms with Crippen LogP contribution < -0.4 is 5.32 Å². The average Bonchev–Trinajstić information content (AvgIpc) is 2.74. The third-order valence-electron chi connectivity index (χ3n) is 2.37. The van der Waals surface area contributed by atoms with Gasteiger partial charge >= 0.3 is 11.9 Å². The maximum Gasteiger partial charge on any atom is 0.350 e. The number of hydrogen-bond acceptors (Lipinski definition) is 5. The van der Waals surface area contributed by atoms with E-state index in [0.717, 1.165) is 0 Å². The summed E-state index contributed by atoms with van der Waals surface area (Å²) in [5, 5.41) is 12.9. The Kier molecular flexibility index (Phi) is 5.50. The fourth-order valence-electron chi connectivity index (χ4n) is 1.55. The Hall–Kier alpha value is -1.89. The van der Waals surface area contributed by atoms with E-state index in [2.05, 4.69) is 10.1 Å². The van der Waals surface area contributed by atoms with Crippen molar-refractivity contribution in [3.63, 3.8) is 0 Å². The summed E-state index contributed by atoms with van der Waals surface area (Å²) in [6.07, 6.45) is 0.0175. The van der Waals surface area contributed by atoms with E-state index in [9.17, 15) is 14.4 Å². The van der Waals surface area contributed by atoms with Gasteiger partial charge in [-0.2, -0.15) is 0 Å². The molecule has 1 aromatic rings. The lowest BCUT2D eigenvalue weighted by Crippen LogP contribution is -2.18. The molecule has 1 atom stereocenters. The number of carboxylic acid groups (broad SMARTS) is 1. The van der Waals surface area contributed by atoms with Crippen molar-refractivity contribution in [1.29, 1.82) is 0 Å². The van der Waals surface area contributed by atoms with Crippen LogP contribution in [0.4, 0.5) is 5.69 Å². The normalized spacial score (nSPS) is 11.7. The maximum atomic E-state index is 11.7. The second kappa shape index (κ2) is 6.89. The Morgan fingerprint density at radius 2 is 2.11 bits per heavy atom. The Morgan fingerprint density at radius 1 is 1.42 bits per heavy atom. The number of anilines is 1. The Bertz CT molecular complexity index is 482. The van der Waals surface area contributed by atoms with Crippen molar-refractivity contribution in [3.05, 3.63) is 16.3 Å². The topological polar surface area (TPSA) is 92.7 Å². The van der Waals surface area contributed by atoms with Crippen molar-refractivity contribution >= 4 is 34.9 Å². The maximum absolute atomic E-state index is 11.7. The monoisotopic (exact) mass is 285 g/mol. The summed E-state index contributed by atoms with van der Waals surface area (Å²) in [6.45, 7) is 1.68. The highest BCUT2D eigenvalue weighted by Crippen LogP contribution is 2.23. The van der Waals surface area contributed by atoms with Gasteiger partial charge in [0.1, 0.15) is 4.88 Å². The van der Waals surface area contributed by atoms with E-state index in [1.54, 1.807) is 18.4 Å². The van der Waals surface area contributed by atoms with Crippen LogP contribution in [0, 0.1) is 5.92 Å². The molecule has 0 saturated carbocycles. The molecule has 1 amide bonds. The van der Waals surface area contributed by atoms with E-state index in [0.29, 0.717) is 10.6 Å². The number of ether oxygens (including phenoxy) is 1. The molecular formula is C12H15NO5S. The van der Waals surface area contributed by atoms with E-state index in [1.165, 1.54) is 18.4 Å². The quantitative estimate of drug-likeness (QED) is 0.779. The fourth-order valence-corrected chi connectivity index (χ4v) is 2.31. The number of thiophene rings is 1. The lowest BCUT2D eigenvalue weighted by atomic mass is 10.0. The largest absolute Gasteiger partial charge is 0.481 e. The first-order valence-corrected chi connectivity index (χ1v) is 6.49. The van der Waals surface area contributed by atoms with Gasteiger partial charge in [0.2, 0.25) is 5.91 Å². The van der Waals surface area contributed by atoms with Crippen molar-refractivity contribution in [3.8, 4) is 0 Å². The van der Waals surface area contributed by atoms with E-state index >= 15 is 0 Å². The van der Waals surface area contributed by atoms with E-state index < -0.39 is 11.9 Å². The predicted octanol–water partition coefficient (Wildman–Crippen LogP) is 1.97. The molecule has 19 heavy (non-hydrogen) atoms. The van der Waals surface area contributed by atoms with E-state index in [-0.39, 0.29) is 24.7 Å². The number of aliphatic carboxylic acids is 1. The Balaban J connectivity index is 2.60. The second-order valence-electron chi connectivity index (χ2n) is 4.11. The Labute approximate surface area is 114 Å². The molecule has 2 N–H and O–H groups in total. The van der Waals surface area contributed by atoms with Crippen molar-refractivity contribution in [2.75, 3.05) is 12.4 Å². The molecule has 0 aliphatic heterocycles. The fraction of sp³-hybridized carbons (Fsp3) is 0.417. The van der Waals surface area contributed by atoms with Crippen LogP contribution in [0.1, 0.15) is 29.4 Å². The summed E-state index contributed by atoms with van der Waals surface area (Å²) in [5.41, 5.74) is 0.393. The highest BCUT2D eigenvalue weighted by Gasteiger charge is 2.17. The molecule has 0 bridgehead atoms. The molecule has 104 valence electrons. The summed E-state index contributed by atoms with van der Waals surface area (Å²) >= 11 is 1.17. The number of rotatable bonds is 6. The molecule has 1 heterocycles. The molecule has 6 nitrogen and oxygen atoms in total. The highest BCUT2D eigenvalue weighted by molar-refractivity contribution is 7.12. The van der Waals surface area contributed by atoms with Crippen molar-refractivity contribution in [2.45, 2.75) is 19.8 Å². The molecule has 0 fully saturated rings. The number of amides is 1. The Morgan fingerprint density at radius 3 is 2.68 bits per heavy atom. The first kappa shape index (κ1) is 15.2. The molecule has 0 saturated heterocycles. The number of methoxy groups -OCH3 is 1. The summed E-state index contributed by atoms with van der Waals surface area (Å²) in [5.74, 6) is -2.04. The third kappa shape index (κ3) is 4.70. The smallest absolute Gasteiger partial charge is 0.350 e. The molecular weight excluding hydrogens is 270 g/mol. The van der Waals surface area contributed by atoms with Gasteiger partial charge in [-0.15, -0.1) is 11.3 Å². The minimum atomic E-state index is -0.939. The van der Waals surface area contributed by atoms with Crippen molar-refractivity contribution in [1.82, 2.24) is 0 Å². The summed E-state index contributed by atoms with van der Waals surface area (Å²) in [7, 11) is 1.27. The van der Waals surface area contributed by atoms with Gasteiger partial charge in [0, 0.05) is 12.8 Å². The summed E-state index contributed by atoms with van der Waals surface area (Å²) < 4.78 is 4.59. The standard InChI is InChI=1S/C12H15NO5S/c1-7(6-10(15)16)5-9(14)13-8-3-4-19-11(8)12(17)18-2/h3-4,7H,5-6H2,1-2H3,(H,13,14)(H,15,16). The second-order valence-corrected chi connectivity index (χ2v) is 5.03. The zero-order chi connectivity index (χ0) is 14.4. The molecule has 1 unspecified atom stereocenters. The van der Waals surface area contributed by atoms with Gasteiger partial charge in [-0.25, -0.2) is 4.79 Å². The molecule has 1 aromatic heterocycles. The van der Waals surface area contributed by atoms with Crippen LogP contribution >= 0.6 is 11.3 Å². The van der Waals surface area contributed by atoms with Crippen LogP contribution in [0.5, 0.6) is 0 Å². The zero-order valence-electron chi connectivity index (χ0n) is 10.6. The molecule has 7 heteroatoms. The van der Waals surface area contributed by atoms with Gasteiger partial charge < -0.3 is 15.2 Å². The van der Waals surface area contributed by atoms with Crippen LogP contribution in [0.3, 0.4) is 0 Å². The SMILES string of the molecule is COC(=O)c1sccc1NC(=O)CC(C)CC(=O)O. The first-order chi connectivity index (χ1) is 8.93. The van der Waals surface area contributed by atoms with Crippen LogP contribution in [-0.2, 0) is 14.3 Å². The van der Waals surface area contributed by atoms with Gasteiger partial charge in [0.15, 0.2) is 0 Å². The van der Waals surface area contributed by atoms with Gasteiger partial charge in [0.05, 0.1) is 12.8 Å². The molecule has 0 spiro atoms. The molecule has 0 radical (unpaired) electrons. The van der Waals surface area contributed by atoms with Crippen molar-refractivity contribution in [2.24, 2.45) is 5.92 Å². The van der Waals surface area contributed by atoms with Gasteiger partial charge in [0.25, 0.3) is 0 Å². The van der Waals surface area contributed by atoms with Crippen molar-refractivity contribution < 1.29 is 24.2 Å². The average molecular weight is 285 g/mol. The number of nitrogens with one attached hydrogen (secondary N) is 1. The third-order valence-corrected chi connectivity index (χ3v) is 3.26. The zero-order valence-corrected chi connectivity index (χ0v) is 11.5. The van der Waals surface area contributed by atoms with Gasteiger partial charge in [-0.05, 0) is 17.4 Å². The van der Waals surface area contributed by atoms with E-state index in [1.807, 2.05) is 0 Å². The summed E-state index contributed by atoms with van der Waals surface area (Å²) in [6, 6.07) is 1.61. The summed E-state index contributed by atoms with van der Waals surface area (Å²) in [4.78, 5) is 33.9. The van der Waals surface area contributed by atoms with Crippen LogP contribution in [-0.4, -0.2) is 30.1 Å². The minimum Gasteiger partial charge on any atom is -0.481 e. The van der Waals surface area contributed by atoms with Gasteiger partial charge in [-0.3, -0.25) is 9.59 Å². The number of carbonyl (C=O) groups is 3. The number of hydrogen-bond donors (Lipinski definition) is 2. The predicted molar refractivity (Wildman–Crippen MR) is 70.3 cm³/mol. The molecule has 0 aliphatic rings.